The summed E-state index contributed by atoms with van der Waals surface area (Å²) in [6.45, 7) is 7.66. The first-order valence-electron chi connectivity index (χ1n) is 6.07. The zero-order valence-corrected chi connectivity index (χ0v) is 11.4. The van der Waals surface area contributed by atoms with Crippen molar-refractivity contribution in [3.63, 3.8) is 0 Å². The fraction of sp³-hybridized carbons (Fsp3) is 0.500. The summed E-state index contributed by atoms with van der Waals surface area (Å²) < 4.78 is 5.00. The Hall–Kier alpha value is -2.02. The molecule has 0 radical (unpaired) electrons. The molecule has 2 rings (SSSR count). The van der Waals surface area contributed by atoms with Crippen molar-refractivity contribution in [2.75, 3.05) is 0 Å². The normalized spacial score (nSPS) is 12.6. The molecule has 2 heterocycles. The maximum atomic E-state index is 11.9. The summed E-state index contributed by atoms with van der Waals surface area (Å²) in [7, 11) is 0. The molecule has 2 aromatic rings. The van der Waals surface area contributed by atoms with Crippen LogP contribution in [0, 0.1) is 20.8 Å². The summed E-state index contributed by atoms with van der Waals surface area (Å²) in [6, 6.07) is -0.149. The third-order valence-electron chi connectivity index (χ3n) is 2.83. The van der Waals surface area contributed by atoms with Crippen LogP contribution >= 0.6 is 0 Å². The fourth-order valence-corrected chi connectivity index (χ4v) is 2.00. The summed E-state index contributed by atoms with van der Waals surface area (Å²) in [5, 5.41) is 6.88. The van der Waals surface area contributed by atoms with Gasteiger partial charge in [0.25, 0.3) is 5.56 Å². The number of nitrogens with one attached hydrogen (secondary N) is 2. The molecule has 1 atom stereocenters. The Morgan fingerprint density at radius 2 is 2.05 bits per heavy atom. The van der Waals surface area contributed by atoms with Gasteiger partial charge in [0.15, 0.2) is 5.82 Å². The molecular weight excluding hydrogens is 246 g/mol. The van der Waals surface area contributed by atoms with E-state index in [0.717, 1.165) is 5.69 Å². The van der Waals surface area contributed by atoms with Gasteiger partial charge in [0.1, 0.15) is 5.82 Å². The highest BCUT2D eigenvalue weighted by molar-refractivity contribution is 5.19. The zero-order chi connectivity index (χ0) is 14.0. The van der Waals surface area contributed by atoms with Gasteiger partial charge in [-0.1, -0.05) is 5.16 Å². The topological polar surface area (TPSA) is 96.7 Å². The van der Waals surface area contributed by atoms with Crippen molar-refractivity contribution >= 4 is 0 Å². The molecule has 0 fully saturated rings. The van der Waals surface area contributed by atoms with Crippen LogP contribution in [0.5, 0.6) is 0 Å². The third-order valence-corrected chi connectivity index (χ3v) is 2.83. The predicted molar refractivity (Wildman–Crippen MR) is 68.6 cm³/mol. The second-order valence-electron chi connectivity index (χ2n) is 4.49. The number of rotatable bonds is 4. The van der Waals surface area contributed by atoms with Crippen LogP contribution in [0.2, 0.25) is 0 Å². The maximum Gasteiger partial charge on any atom is 0.255 e. The highest BCUT2D eigenvalue weighted by atomic mass is 16.5. The van der Waals surface area contributed by atoms with Crippen LogP contribution in [-0.4, -0.2) is 20.1 Å². The molecule has 0 aromatic carbocycles. The molecule has 102 valence electrons. The monoisotopic (exact) mass is 263 g/mol. The average molecular weight is 263 g/mol. The lowest BCUT2D eigenvalue weighted by Gasteiger charge is -2.14. The van der Waals surface area contributed by atoms with Crippen LogP contribution in [0.15, 0.2) is 9.32 Å². The summed E-state index contributed by atoms with van der Waals surface area (Å²) >= 11 is 0. The van der Waals surface area contributed by atoms with Gasteiger partial charge in [0.2, 0.25) is 5.89 Å². The summed E-state index contributed by atoms with van der Waals surface area (Å²) in [5.74, 6) is 1.71. The molecule has 0 aliphatic heterocycles. The van der Waals surface area contributed by atoms with Crippen LogP contribution in [0.3, 0.4) is 0 Å². The molecule has 7 heteroatoms. The number of aryl methyl sites for hydroxylation is 3. The van der Waals surface area contributed by atoms with E-state index in [1.165, 1.54) is 0 Å². The van der Waals surface area contributed by atoms with Crippen molar-refractivity contribution in [3.8, 4) is 0 Å². The Morgan fingerprint density at radius 3 is 2.63 bits per heavy atom. The van der Waals surface area contributed by atoms with E-state index in [9.17, 15) is 4.79 Å². The van der Waals surface area contributed by atoms with Crippen LogP contribution in [-0.2, 0) is 6.54 Å². The number of aromatic nitrogens is 4. The van der Waals surface area contributed by atoms with Gasteiger partial charge in [-0.05, 0) is 27.7 Å². The highest BCUT2D eigenvalue weighted by Gasteiger charge is 2.15. The Morgan fingerprint density at radius 1 is 1.32 bits per heavy atom. The lowest BCUT2D eigenvalue weighted by Crippen LogP contribution is -2.27. The Labute approximate surface area is 110 Å². The number of aromatic amines is 1. The van der Waals surface area contributed by atoms with Crippen molar-refractivity contribution in [1.29, 1.82) is 0 Å². The van der Waals surface area contributed by atoms with Gasteiger partial charge in [-0.25, -0.2) is 4.98 Å². The van der Waals surface area contributed by atoms with Gasteiger partial charge in [-0.15, -0.1) is 0 Å². The van der Waals surface area contributed by atoms with E-state index in [1.54, 1.807) is 13.8 Å². The minimum absolute atomic E-state index is 0.119. The van der Waals surface area contributed by atoms with Crippen molar-refractivity contribution in [1.82, 2.24) is 25.4 Å². The lowest BCUT2D eigenvalue weighted by atomic mass is 10.1. The van der Waals surface area contributed by atoms with Crippen LogP contribution < -0.4 is 10.9 Å². The van der Waals surface area contributed by atoms with Gasteiger partial charge in [0.05, 0.1) is 12.1 Å². The molecule has 0 saturated heterocycles. The Kier molecular flexibility index (Phi) is 3.75. The van der Waals surface area contributed by atoms with Gasteiger partial charge >= 0.3 is 0 Å². The molecule has 0 spiro atoms. The van der Waals surface area contributed by atoms with Gasteiger partial charge in [0, 0.05) is 11.7 Å². The lowest BCUT2D eigenvalue weighted by molar-refractivity contribution is 0.357. The van der Waals surface area contributed by atoms with E-state index in [4.69, 9.17) is 4.52 Å². The van der Waals surface area contributed by atoms with E-state index in [2.05, 4.69) is 25.4 Å². The first-order chi connectivity index (χ1) is 8.97. The van der Waals surface area contributed by atoms with Crippen LogP contribution in [0.1, 0.15) is 41.8 Å². The van der Waals surface area contributed by atoms with E-state index in [1.807, 2.05) is 13.8 Å². The molecule has 0 amide bonds. The summed E-state index contributed by atoms with van der Waals surface area (Å²) in [6.07, 6.45) is 0. The summed E-state index contributed by atoms with van der Waals surface area (Å²) in [4.78, 5) is 23.0. The standard InChI is InChI=1S/C12H17N5O2/c1-6(13-5-10-15-9(4)17-19-10)11-7(2)14-8(3)16-12(11)18/h6,13H,5H2,1-4H3,(H,14,16,18). The minimum Gasteiger partial charge on any atom is -0.338 e. The van der Waals surface area contributed by atoms with Crippen molar-refractivity contribution < 1.29 is 4.52 Å². The zero-order valence-electron chi connectivity index (χ0n) is 11.4. The Bertz CT molecular complexity index is 631. The molecule has 7 nitrogen and oxygen atoms in total. The molecule has 0 bridgehead atoms. The molecule has 19 heavy (non-hydrogen) atoms. The number of nitrogens with zero attached hydrogens (tertiary/aromatic N) is 3. The number of hydrogen-bond donors (Lipinski definition) is 2. The number of H-pyrrole nitrogens is 1. The molecule has 0 saturated carbocycles. The molecule has 0 aliphatic carbocycles. The van der Waals surface area contributed by atoms with E-state index >= 15 is 0 Å². The minimum atomic E-state index is -0.149. The van der Waals surface area contributed by atoms with Crippen molar-refractivity contribution in [2.24, 2.45) is 0 Å². The molecular formula is C12H17N5O2. The largest absolute Gasteiger partial charge is 0.338 e. The van der Waals surface area contributed by atoms with Crippen molar-refractivity contribution in [3.05, 3.63) is 39.2 Å². The fourth-order valence-electron chi connectivity index (χ4n) is 2.00. The van der Waals surface area contributed by atoms with Gasteiger partial charge < -0.3 is 14.8 Å². The molecule has 1 unspecified atom stereocenters. The second-order valence-corrected chi connectivity index (χ2v) is 4.49. The van der Waals surface area contributed by atoms with Gasteiger partial charge in [-0.3, -0.25) is 4.79 Å². The summed E-state index contributed by atoms with van der Waals surface area (Å²) in [5.41, 5.74) is 1.23. The number of hydrogen-bond acceptors (Lipinski definition) is 6. The molecule has 0 aliphatic rings. The third kappa shape index (κ3) is 3.05. The first-order valence-corrected chi connectivity index (χ1v) is 6.07. The Balaban J connectivity index is 2.12. The van der Waals surface area contributed by atoms with E-state index in [-0.39, 0.29) is 11.6 Å². The van der Waals surface area contributed by atoms with E-state index in [0.29, 0.717) is 29.6 Å². The van der Waals surface area contributed by atoms with Gasteiger partial charge in [-0.2, -0.15) is 4.98 Å². The predicted octanol–water partition coefficient (Wildman–Crippen LogP) is 0.929. The molecule has 2 aromatic heterocycles. The van der Waals surface area contributed by atoms with Crippen LogP contribution in [0.4, 0.5) is 0 Å². The van der Waals surface area contributed by atoms with Crippen molar-refractivity contribution in [2.45, 2.75) is 40.3 Å². The smallest absolute Gasteiger partial charge is 0.255 e. The van der Waals surface area contributed by atoms with Crippen LogP contribution in [0.25, 0.3) is 0 Å². The molecule has 2 N–H and O–H groups in total. The maximum absolute atomic E-state index is 11.9. The van der Waals surface area contributed by atoms with E-state index < -0.39 is 0 Å². The first kappa shape index (κ1) is 13.4. The average Bonchev–Trinajstić information content (AvgIpc) is 2.71. The quantitative estimate of drug-likeness (QED) is 0.851. The second kappa shape index (κ2) is 5.31. The SMILES string of the molecule is Cc1noc(CNC(C)c2c(C)nc(C)[nH]c2=O)n1. The highest BCUT2D eigenvalue weighted by Crippen LogP contribution is 2.11.